The minimum atomic E-state index is 0. The van der Waals surface area contributed by atoms with Crippen molar-refractivity contribution in [1.29, 1.82) is 0 Å². The number of halogens is 1. The molecule has 0 amide bonds. The maximum absolute atomic E-state index is 4.96. The molecule has 1 aliphatic carbocycles. The standard InChI is InChI=1S/C19H38N4.HI/c1-5-20-19(21-14-17-10-12-22(3)13-11-17)23(4)15-18-8-6-16(2)7-9-18;/h16-18H,5-15H2,1-4H3,(H,20,21);1H. The Hall–Kier alpha value is -0.0400. The summed E-state index contributed by atoms with van der Waals surface area (Å²) < 4.78 is 0. The van der Waals surface area contributed by atoms with Gasteiger partial charge in [0.1, 0.15) is 0 Å². The first-order valence-corrected chi connectivity index (χ1v) is 9.76. The highest BCUT2D eigenvalue weighted by Gasteiger charge is 2.21. The lowest BCUT2D eigenvalue weighted by Crippen LogP contribution is -2.42. The molecule has 2 fully saturated rings. The van der Waals surface area contributed by atoms with Gasteiger partial charge in [-0.05, 0) is 70.5 Å². The number of hydrogen-bond acceptors (Lipinski definition) is 2. The average molecular weight is 450 g/mol. The average Bonchev–Trinajstić information content (AvgIpc) is 2.55. The van der Waals surface area contributed by atoms with Crippen LogP contribution in [0.15, 0.2) is 4.99 Å². The first-order valence-electron chi connectivity index (χ1n) is 9.76. The molecule has 1 heterocycles. The van der Waals surface area contributed by atoms with Gasteiger partial charge in [-0.25, -0.2) is 0 Å². The molecule has 1 N–H and O–H groups in total. The lowest BCUT2D eigenvalue weighted by molar-refractivity contribution is 0.222. The van der Waals surface area contributed by atoms with Gasteiger partial charge in [0.25, 0.3) is 0 Å². The molecular weight excluding hydrogens is 411 g/mol. The maximum Gasteiger partial charge on any atom is 0.193 e. The second-order valence-corrected chi connectivity index (χ2v) is 7.95. The van der Waals surface area contributed by atoms with Crippen molar-refractivity contribution in [3.8, 4) is 0 Å². The lowest BCUT2D eigenvalue weighted by atomic mass is 9.83. The molecule has 1 saturated heterocycles. The van der Waals surface area contributed by atoms with Crippen LogP contribution in [-0.4, -0.2) is 62.6 Å². The van der Waals surface area contributed by atoms with Crippen molar-refractivity contribution in [2.24, 2.45) is 22.7 Å². The molecule has 0 unspecified atom stereocenters. The third-order valence-electron chi connectivity index (χ3n) is 5.70. The Kier molecular flexibility index (Phi) is 10.6. The molecule has 0 spiro atoms. The quantitative estimate of drug-likeness (QED) is 0.394. The summed E-state index contributed by atoms with van der Waals surface area (Å²) in [5, 5.41) is 3.49. The summed E-state index contributed by atoms with van der Waals surface area (Å²) in [6, 6.07) is 0. The molecule has 0 aromatic rings. The third kappa shape index (κ3) is 7.46. The smallest absolute Gasteiger partial charge is 0.193 e. The van der Waals surface area contributed by atoms with Crippen LogP contribution in [0, 0.1) is 17.8 Å². The molecule has 24 heavy (non-hydrogen) atoms. The number of rotatable bonds is 5. The van der Waals surface area contributed by atoms with Gasteiger partial charge in [-0.2, -0.15) is 0 Å². The number of guanidine groups is 1. The van der Waals surface area contributed by atoms with Gasteiger partial charge in [0.05, 0.1) is 0 Å². The Morgan fingerprint density at radius 3 is 2.29 bits per heavy atom. The molecule has 2 rings (SSSR count). The van der Waals surface area contributed by atoms with E-state index >= 15 is 0 Å². The van der Waals surface area contributed by atoms with E-state index in [-0.39, 0.29) is 24.0 Å². The van der Waals surface area contributed by atoms with Crippen molar-refractivity contribution in [1.82, 2.24) is 15.1 Å². The highest BCUT2D eigenvalue weighted by Crippen LogP contribution is 2.28. The summed E-state index contributed by atoms with van der Waals surface area (Å²) in [7, 11) is 4.44. The van der Waals surface area contributed by atoms with Gasteiger partial charge in [0.2, 0.25) is 0 Å². The molecule has 0 aromatic heterocycles. The number of piperidine rings is 1. The zero-order chi connectivity index (χ0) is 16.7. The molecule has 5 heteroatoms. The summed E-state index contributed by atoms with van der Waals surface area (Å²) in [6.07, 6.45) is 8.18. The van der Waals surface area contributed by atoms with E-state index in [2.05, 4.69) is 43.1 Å². The minimum Gasteiger partial charge on any atom is -0.357 e. The van der Waals surface area contributed by atoms with E-state index in [4.69, 9.17) is 4.99 Å². The van der Waals surface area contributed by atoms with E-state index in [1.807, 2.05) is 0 Å². The molecule has 0 aromatic carbocycles. The summed E-state index contributed by atoms with van der Waals surface area (Å²) in [4.78, 5) is 9.76. The Morgan fingerprint density at radius 2 is 1.71 bits per heavy atom. The van der Waals surface area contributed by atoms with E-state index in [1.165, 1.54) is 51.6 Å². The number of nitrogens with one attached hydrogen (secondary N) is 1. The topological polar surface area (TPSA) is 30.9 Å². The summed E-state index contributed by atoms with van der Waals surface area (Å²) in [5.41, 5.74) is 0. The van der Waals surface area contributed by atoms with Crippen LogP contribution >= 0.6 is 24.0 Å². The van der Waals surface area contributed by atoms with Crippen molar-refractivity contribution in [3.63, 3.8) is 0 Å². The third-order valence-corrected chi connectivity index (χ3v) is 5.70. The molecule has 142 valence electrons. The van der Waals surface area contributed by atoms with E-state index in [9.17, 15) is 0 Å². The van der Waals surface area contributed by atoms with E-state index in [0.717, 1.165) is 43.3 Å². The Labute approximate surface area is 166 Å². The molecule has 0 radical (unpaired) electrons. The fourth-order valence-corrected chi connectivity index (χ4v) is 3.92. The molecule has 0 atom stereocenters. The highest BCUT2D eigenvalue weighted by atomic mass is 127. The van der Waals surface area contributed by atoms with Crippen molar-refractivity contribution in [3.05, 3.63) is 0 Å². The molecule has 0 bridgehead atoms. The monoisotopic (exact) mass is 450 g/mol. The number of nitrogens with zero attached hydrogens (tertiary/aromatic N) is 3. The van der Waals surface area contributed by atoms with Gasteiger partial charge in [0, 0.05) is 26.7 Å². The fraction of sp³-hybridized carbons (Fsp3) is 0.947. The van der Waals surface area contributed by atoms with Crippen LogP contribution in [0.3, 0.4) is 0 Å². The maximum atomic E-state index is 4.96. The second-order valence-electron chi connectivity index (χ2n) is 7.95. The van der Waals surface area contributed by atoms with Gasteiger partial charge in [-0.15, -0.1) is 24.0 Å². The van der Waals surface area contributed by atoms with Crippen LogP contribution in [0.1, 0.15) is 52.4 Å². The normalized spacial score (nSPS) is 26.8. The van der Waals surface area contributed by atoms with Gasteiger partial charge in [-0.3, -0.25) is 4.99 Å². The van der Waals surface area contributed by atoms with Crippen LogP contribution < -0.4 is 5.32 Å². The minimum absolute atomic E-state index is 0. The summed E-state index contributed by atoms with van der Waals surface area (Å²) in [5.74, 6) is 3.67. The van der Waals surface area contributed by atoms with E-state index < -0.39 is 0 Å². The van der Waals surface area contributed by atoms with Crippen molar-refractivity contribution >= 4 is 29.9 Å². The number of aliphatic imine (C=N–C) groups is 1. The van der Waals surface area contributed by atoms with Crippen molar-refractivity contribution in [2.75, 3.05) is 46.8 Å². The lowest BCUT2D eigenvalue weighted by Gasteiger charge is -2.32. The number of hydrogen-bond donors (Lipinski definition) is 1. The van der Waals surface area contributed by atoms with Crippen LogP contribution in [0.5, 0.6) is 0 Å². The molecular formula is C19H39IN4. The summed E-state index contributed by atoms with van der Waals surface area (Å²) >= 11 is 0. The molecule has 1 aliphatic heterocycles. The van der Waals surface area contributed by atoms with Gasteiger partial charge < -0.3 is 15.1 Å². The zero-order valence-corrected chi connectivity index (χ0v) is 18.6. The first-order chi connectivity index (χ1) is 11.1. The van der Waals surface area contributed by atoms with Crippen molar-refractivity contribution in [2.45, 2.75) is 52.4 Å². The SMILES string of the molecule is CCNC(=NCC1CCN(C)CC1)N(C)CC1CCC(C)CC1.I. The molecule has 4 nitrogen and oxygen atoms in total. The second kappa shape index (κ2) is 11.6. The Bertz CT molecular complexity index is 358. The predicted molar refractivity (Wildman–Crippen MR) is 115 cm³/mol. The fourth-order valence-electron chi connectivity index (χ4n) is 3.92. The van der Waals surface area contributed by atoms with Gasteiger partial charge >= 0.3 is 0 Å². The zero-order valence-electron chi connectivity index (χ0n) is 16.3. The highest BCUT2D eigenvalue weighted by molar-refractivity contribution is 14.0. The van der Waals surface area contributed by atoms with Crippen LogP contribution in [0.25, 0.3) is 0 Å². The largest absolute Gasteiger partial charge is 0.357 e. The van der Waals surface area contributed by atoms with E-state index in [0.29, 0.717) is 0 Å². The van der Waals surface area contributed by atoms with Gasteiger partial charge in [0.15, 0.2) is 5.96 Å². The summed E-state index contributed by atoms with van der Waals surface area (Å²) in [6.45, 7) is 10.1. The van der Waals surface area contributed by atoms with Crippen LogP contribution in [-0.2, 0) is 0 Å². The Balaban J connectivity index is 0.00000288. The number of likely N-dealkylation sites (tertiary alicyclic amines) is 1. The molecule has 1 saturated carbocycles. The van der Waals surface area contributed by atoms with Crippen LogP contribution in [0.4, 0.5) is 0 Å². The first kappa shape index (κ1) is 22.0. The van der Waals surface area contributed by atoms with Crippen LogP contribution in [0.2, 0.25) is 0 Å². The molecule has 2 aliphatic rings. The van der Waals surface area contributed by atoms with E-state index in [1.54, 1.807) is 0 Å². The Morgan fingerprint density at radius 1 is 1.08 bits per heavy atom. The van der Waals surface area contributed by atoms with Crippen molar-refractivity contribution < 1.29 is 0 Å². The van der Waals surface area contributed by atoms with Gasteiger partial charge in [-0.1, -0.05) is 19.8 Å². The predicted octanol–water partition coefficient (Wildman–Crippen LogP) is 3.67.